The van der Waals surface area contributed by atoms with Crippen LogP contribution in [0.15, 0.2) is 29.3 Å². The molecular formula is C24H42IN5O. The summed E-state index contributed by atoms with van der Waals surface area (Å²) in [6.45, 7) is 9.76. The molecule has 2 aliphatic rings. The van der Waals surface area contributed by atoms with Gasteiger partial charge in [-0.3, -0.25) is 4.90 Å². The van der Waals surface area contributed by atoms with E-state index >= 15 is 0 Å². The molecular weight excluding hydrogens is 501 g/mol. The van der Waals surface area contributed by atoms with Gasteiger partial charge in [-0.05, 0) is 70.9 Å². The van der Waals surface area contributed by atoms with Crippen LogP contribution in [-0.2, 0) is 17.8 Å². The number of hydrogen-bond acceptors (Lipinski definition) is 4. The van der Waals surface area contributed by atoms with Crippen LogP contribution in [0.3, 0.4) is 0 Å². The Morgan fingerprint density at radius 2 is 1.68 bits per heavy atom. The van der Waals surface area contributed by atoms with Gasteiger partial charge in [0.25, 0.3) is 0 Å². The fourth-order valence-corrected chi connectivity index (χ4v) is 4.42. The highest BCUT2D eigenvalue weighted by atomic mass is 127. The summed E-state index contributed by atoms with van der Waals surface area (Å²) in [5.74, 6) is 0.891. The molecule has 31 heavy (non-hydrogen) atoms. The smallest absolute Gasteiger partial charge is 0.191 e. The Morgan fingerprint density at radius 3 is 2.29 bits per heavy atom. The molecule has 3 rings (SSSR count). The molecule has 0 atom stereocenters. The first-order valence-electron chi connectivity index (χ1n) is 11.7. The lowest BCUT2D eigenvalue weighted by Gasteiger charge is -2.43. The lowest BCUT2D eigenvalue weighted by Crippen LogP contribution is -2.57. The zero-order chi connectivity index (χ0) is 21.2. The number of rotatable bonds is 8. The zero-order valence-electron chi connectivity index (χ0n) is 19.7. The van der Waals surface area contributed by atoms with E-state index in [4.69, 9.17) is 9.73 Å². The van der Waals surface area contributed by atoms with E-state index in [9.17, 15) is 0 Å². The van der Waals surface area contributed by atoms with Crippen LogP contribution in [0.4, 0.5) is 0 Å². The van der Waals surface area contributed by atoms with Crippen LogP contribution in [0.5, 0.6) is 0 Å². The highest BCUT2D eigenvalue weighted by Crippen LogP contribution is 2.25. The molecule has 2 saturated heterocycles. The van der Waals surface area contributed by atoms with E-state index in [2.05, 4.69) is 65.7 Å². The van der Waals surface area contributed by atoms with E-state index in [0.29, 0.717) is 6.54 Å². The molecule has 2 heterocycles. The Bertz CT molecular complexity index is 652. The Hall–Kier alpha value is -0.900. The number of hydrogen-bond donors (Lipinski definition) is 2. The number of ether oxygens (including phenoxy) is 1. The van der Waals surface area contributed by atoms with Gasteiger partial charge in [-0.2, -0.15) is 0 Å². The second kappa shape index (κ2) is 13.6. The average molecular weight is 544 g/mol. The van der Waals surface area contributed by atoms with Crippen LogP contribution in [-0.4, -0.2) is 74.8 Å². The van der Waals surface area contributed by atoms with Crippen molar-refractivity contribution in [1.82, 2.24) is 20.4 Å². The van der Waals surface area contributed by atoms with Crippen LogP contribution in [0.1, 0.15) is 50.2 Å². The monoisotopic (exact) mass is 543 g/mol. The standard InChI is InChI=1S/C24H41N5O.HI/c1-4-25-23(27-20-24(28(2)3)12-16-30-17-13-24)26-18-21-8-10-22(11-9-21)19-29-14-6-5-7-15-29;/h8-11H,4-7,12-20H2,1-3H3,(H2,25,26,27);1H. The molecule has 0 aromatic heterocycles. The Morgan fingerprint density at radius 1 is 1.03 bits per heavy atom. The predicted molar refractivity (Wildman–Crippen MR) is 140 cm³/mol. The molecule has 1 aromatic carbocycles. The van der Waals surface area contributed by atoms with E-state index in [1.165, 1.54) is 43.5 Å². The van der Waals surface area contributed by atoms with Crippen molar-refractivity contribution < 1.29 is 4.74 Å². The van der Waals surface area contributed by atoms with Crippen molar-refractivity contribution in [2.45, 2.75) is 57.7 Å². The second-order valence-electron chi connectivity index (χ2n) is 8.93. The Labute approximate surface area is 206 Å². The van der Waals surface area contributed by atoms with Crippen molar-refractivity contribution in [2.75, 3.05) is 53.5 Å². The van der Waals surface area contributed by atoms with Crippen molar-refractivity contribution in [1.29, 1.82) is 0 Å². The lowest BCUT2D eigenvalue weighted by molar-refractivity contribution is -0.00501. The molecule has 2 N–H and O–H groups in total. The fraction of sp³-hybridized carbons (Fsp3) is 0.708. The topological polar surface area (TPSA) is 52.1 Å². The Kier molecular flexibility index (Phi) is 11.6. The first kappa shape index (κ1) is 26.4. The van der Waals surface area contributed by atoms with Crippen molar-refractivity contribution >= 4 is 29.9 Å². The van der Waals surface area contributed by atoms with E-state index in [1.807, 2.05) is 0 Å². The SMILES string of the molecule is CCNC(=NCc1ccc(CN2CCCCC2)cc1)NCC1(N(C)C)CCOCC1.I. The van der Waals surface area contributed by atoms with Crippen molar-refractivity contribution in [2.24, 2.45) is 4.99 Å². The summed E-state index contributed by atoms with van der Waals surface area (Å²) < 4.78 is 5.59. The largest absolute Gasteiger partial charge is 0.381 e. The summed E-state index contributed by atoms with van der Waals surface area (Å²) in [5.41, 5.74) is 2.79. The van der Waals surface area contributed by atoms with Gasteiger partial charge in [-0.25, -0.2) is 4.99 Å². The number of nitrogens with zero attached hydrogens (tertiary/aromatic N) is 3. The fourth-order valence-electron chi connectivity index (χ4n) is 4.42. The summed E-state index contributed by atoms with van der Waals surface area (Å²) in [5, 5.41) is 6.98. The number of piperidine rings is 1. The minimum absolute atomic E-state index is 0. The van der Waals surface area contributed by atoms with Crippen LogP contribution in [0.25, 0.3) is 0 Å². The predicted octanol–water partition coefficient (Wildman–Crippen LogP) is 3.46. The van der Waals surface area contributed by atoms with Crippen LogP contribution < -0.4 is 10.6 Å². The first-order valence-corrected chi connectivity index (χ1v) is 11.7. The summed E-state index contributed by atoms with van der Waals surface area (Å²) in [7, 11) is 4.34. The molecule has 2 aliphatic heterocycles. The number of halogens is 1. The van der Waals surface area contributed by atoms with Crippen molar-refractivity contribution in [3.63, 3.8) is 0 Å². The number of aliphatic imine (C=N–C) groups is 1. The van der Waals surface area contributed by atoms with Gasteiger partial charge in [0.05, 0.1) is 6.54 Å². The normalized spacial score (nSPS) is 19.7. The maximum atomic E-state index is 5.59. The van der Waals surface area contributed by atoms with Gasteiger partial charge in [0.2, 0.25) is 0 Å². The molecule has 0 aliphatic carbocycles. The molecule has 2 fully saturated rings. The van der Waals surface area contributed by atoms with Crippen molar-refractivity contribution in [3.8, 4) is 0 Å². The van der Waals surface area contributed by atoms with Crippen molar-refractivity contribution in [3.05, 3.63) is 35.4 Å². The molecule has 7 heteroatoms. The van der Waals surface area contributed by atoms with Crippen LogP contribution in [0, 0.1) is 0 Å². The van der Waals surface area contributed by atoms with Gasteiger partial charge in [0.1, 0.15) is 0 Å². The van der Waals surface area contributed by atoms with E-state index in [1.54, 1.807) is 0 Å². The molecule has 0 saturated carbocycles. The van der Waals surface area contributed by atoms with Crippen LogP contribution >= 0.6 is 24.0 Å². The summed E-state index contributed by atoms with van der Waals surface area (Å²) in [6, 6.07) is 8.99. The summed E-state index contributed by atoms with van der Waals surface area (Å²) in [6.07, 6.45) is 6.17. The number of guanidine groups is 1. The number of likely N-dealkylation sites (N-methyl/N-ethyl adjacent to an activating group) is 1. The highest BCUT2D eigenvalue weighted by Gasteiger charge is 2.34. The maximum absolute atomic E-state index is 5.59. The molecule has 1 aromatic rings. The third-order valence-corrected chi connectivity index (χ3v) is 6.60. The van der Waals surface area contributed by atoms with Crippen LogP contribution in [0.2, 0.25) is 0 Å². The highest BCUT2D eigenvalue weighted by molar-refractivity contribution is 14.0. The molecule has 176 valence electrons. The molecule has 0 unspecified atom stereocenters. The summed E-state index contributed by atoms with van der Waals surface area (Å²) >= 11 is 0. The molecule has 0 radical (unpaired) electrons. The second-order valence-corrected chi connectivity index (χ2v) is 8.93. The summed E-state index contributed by atoms with van der Waals surface area (Å²) in [4.78, 5) is 9.75. The molecule has 0 bridgehead atoms. The minimum Gasteiger partial charge on any atom is -0.381 e. The van der Waals surface area contributed by atoms with Gasteiger partial charge in [0, 0.05) is 38.4 Å². The number of likely N-dealkylation sites (tertiary alicyclic amines) is 1. The van der Waals surface area contributed by atoms with Gasteiger partial charge in [-0.15, -0.1) is 24.0 Å². The quantitative estimate of drug-likeness (QED) is 0.299. The molecule has 6 nitrogen and oxygen atoms in total. The lowest BCUT2D eigenvalue weighted by atomic mass is 9.88. The third kappa shape index (κ3) is 8.18. The van der Waals surface area contributed by atoms with Gasteiger partial charge < -0.3 is 20.3 Å². The molecule has 0 spiro atoms. The maximum Gasteiger partial charge on any atom is 0.191 e. The zero-order valence-corrected chi connectivity index (χ0v) is 22.0. The Balaban J connectivity index is 0.00000341. The minimum atomic E-state index is 0. The molecule has 0 amide bonds. The van der Waals surface area contributed by atoms with Gasteiger partial charge in [-0.1, -0.05) is 30.7 Å². The van der Waals surface area contributed by atoms with Gasteiger partial charge >= 0.3 is 0 Å². The van der Waals surface area contributed by atoms with E-state index < -0.39 is 0 Å². The number of nitrogens with one attached hydrogen (secondary N) is 2. The van der Waals surface area contributed by atoms with E-state index in [0.717, 1.165) is 51.6 Å². The first-order chi connectivity index (χ1) is 14.6. The van der Waals surface area contributed by atoms with E-state index in [-0.39, 0.29) is 29.5 Å². The van der Waals surface area contributed by atoms with Gasteiger partial charge in [0.15, 0.2) is 5.96 Å². The average Bonchev–Trinajstić information content (AvgIpc) is 2.78. The third-order valence-electron chi connectivity index (χ3n) is 6.60. The number of benzene rings is 1.